The van der Waals surface area contributed by atoms with Crippen molar-refractivity contribution in [3.63, 3.8) is 0 Å². The number of pyridine rings is 1. The number of rotatable bonds is 10. The van der Waals surface area contributed by atoms with Crippen LogP contribution in [0.5, 0.6) is 0 Å². The van der Waals surface area contributed by atoms with Crippen LogP contribution in [0.25, 0.3) is 0 Å². The van der Waals surface area contributed by atoms with Gasteiger partial charge in [0.1, 0.15) is 0 Å². The Morgan fingerprint density at radius 1 is 1.14 bits per heavy atom. The van der Waals surface area contributed by atoms with E-state index in [-0.39, 0.29) is 0 Å². The summed E-state index contributed by atoms with van der Waals surface area (Å²) < 4.78 is 11.5. The van der Waals surface area contributed by atoms with Crippen LogP contribution in [0.4, 0.5) is 22.9 Å². The molecule has 0 atom stereocenters. The van der Waals surface area contributed by atoms with Gasteiger partial charge >= 0.3 is 0 Å². The topological polar surface area (TPSA) is 72.6 Å². The molecule has 0 bridgehead atoms. The second-order valence-corrected chi connectivity index (χ2v) is 7.89. The number of benzene rings is 1. The van der Waals surface area contributed by atoms with Crippen molar-refractivity contribution in [1.82, 2.24) is 4.98 Å². The van der Waals surface area contributed by atoms with Gasteiger partial charge < -0.3 is 25.4 Å². The third-order valence-corrected chi connectivity index (χ3v) is 5.21. The number of ether oxygens (including phenoxy) is 2. The quantitative estimate of drug-likeness (QED) is 0.546. The van der Waals surface area contributed by atoms with Gasteiger partial charge in [-0.15, -0.1) is 0 Å². The van der Waals surface area contributed by atoms with Crippen molar-refractivity contribution in [3.8, 4) is 0 Å². The Bertz CT molecular complexity index is 775. The van der Waals surface area contributed by atoms with E-state index in [1.165, 1.54) is 5.56 Å². The van der Waals surface area contributed by atoms with Crippen molar-refractivity contribution in [1.29, 1.82) is 0 Å². The summed E-state index contributed by atoms with van der Waals surface area (Å²) in [5.74, 6) is 1.11. The summed E-state index contributed by atoms with van der Waals surface area (Å²) in [5, 5.41) is 3.38. The zero-order chi connectivity index (χ0) is 20.7. The second kappa shape index (κ2) is 10.6. The zero-order valence-corrected chi connectivity index (χ0v) is 19.0. The first-order valence-corrected chi connectivity index (χ1v) is 10.2. The lowest BCUT2D eigenvalue weighted by molar-refractivity contribution is 0.190. The van der Waals surface area contributed by atoms with E-state index in [0.29, 0.717) is 30.6 Å². The van der Waals surface area contributed by atoms with E-state index >= 15 is 0 Å². The lowest BCUT2D eigenvalue weighted by Crippen LogP contribution is -2.31. The summed E-state index contributed by atoms with van der Waals surface area (Å²) in [4.78, 5) is 6.79. The molecule has 3 N–H and O–H groups in total. The molecule has 0 aliphatic carbocycles. The van der Waals surface area contributed by atoms with Gasteiger partial charge in [-0.2, -0.15) is 0 Å². The highest BCUT2D eigenvalue weighted by atomic mass is 79.9. The first-order valence-electron chi connectivity index (χ1n) is 9.43. The van der Waals surface area contributed by atoms with Gasteiger partial charge in [0.15, 0.2) is 5.82 Å². The number of nitrogens with two attached hydrogens (primary N) is 1. The molecule has 6 nitrogen and oxygen atoms in total. The minimum Gasteiger partial charge on any atom is -0.394 e. The SMILES string of the molecule is COCCN(CCOC)c1cc(C)nc(Nc2ccc(C(C)C)cc2Br)c1N. The summed E-state index contributed by atoms with van der Waals surface area (Å²) in [5.41, 5.74) is 11.1. The number of anilines is 4. The van der Waals surface area contributed by atoms with Gasteiger partial charge in [0.2, 0.25) is 0 Å². The summed E-state index contributed by atoms with van der Waals surface area (Å²) in [6.45, 7) is 8.98. The molecule has 0 spiro atoms. The van der Waals surface area contributed by atoms with Gasteiger partial charge in [-0.25, -0.2) is 4.98 Å². The van der Waals surface area contributed by atoms with Gasteiger partial charge in [0.05, 0.1) is 30.3 Å². The number of nitrogen functional groups attached to an aromatic ring is 1. The van der Waals surface area contributed by atoms with E-state index in [1.54, 1.807) is 14.2 Å². The number of nitrogens with one attached hydrogen (secondary N) is 1. The standard InChI is InChI=1S/C21H31BrN4O2/c1-14(2)16-6-7-18(17(22)13-16)25-21-20(23)19(12-15(3)24-21)26(8-10-27-4)9-11-28-5/h6-7,12-14H,8-11,23H2,1-5H3,(H,24,25). The Balaban J connectivity index is 2.35. The fourth-order valence-corrected chi connectivity index (χ4v) is 3.39. The molecule has 28 heavy (non-hydrogen) atoms. The zero-order valence-electron chi connectivity index (χ0n) is 17.4. The predicted molar refractivity (Wildman–Crippen MR) is 121 cm³/mol. The Morgan fingerprint density at radius 2 is 1.79 bits per heavy atom. The number of halogens is 1. The molecule has 7 heteroatoms. The van der Waals surface area contributed by atoms with E-state index in [1.807, 2.05) is 13.0 Å². The average molecular weight is 451 g/mol. The van der Waals surface area contributed by atoms with Gasteiger partial charge in [-0.3, -0.25) is 0 Å². The molecule has 0 saturated heterocycles. The van der Waals surface area contributed by atoms with Crippen LogP contribution in [0.1, 0.15) is 31.0 Å². The van der Waals surface area contributed by atoms with Crippen LogP contribution < -0.4 is 16.0 Å². The van der Waals surface area contributed by atoms with E-state index in [2.05, 4.69) is 63.2 Å². The Kier molecular flexibility index (Phi) is 8.54. The fraction of sp³-hybridized carbons (Fsp3) is 0.476. The number of methoxy groups -OCH3 is 2. The molecule has 0 saturated carbocycles. The fourth-order valence-electron chi connectivity index (χ4n) is 2.90. The van der Waals surface area contributed by atoms with Crippen LogP contribution >= 0.6 is 15.9 Å². The molecule has 1 aromatic heterocycles. The normalized spacial score (nSPS) is 11.1. The maximum absolute atomic E-state index is 6.51. The molecule has 0 aliphatic heterocycles. The maximum atomic E-state index is 6.51. The summed E-state index contributed by atoms with van der Waals surface area (Å²) >= 11 is 3.66. The number of aryl methyl sites for hydroxylation is 1. The molecule has 154 valence electrons. The number of nitrogens with zero attached hydrogens (tertiary/aromatic N) is 2. The van der Waals surface area contributed by atoms with Gasteiger partial charge in [0, 0.05) is 37.5 Å². The van der Waals surface area contributed by atoms with Crippen molar-refractivity contribution >= 4 is 38.8 Å². The van der Waals surface area contributed by atoms with Crippen LogP contribution in [-0.2, 0) is 9.47 Å². The van der Waals surface area contributed by atoms with Crippen molar-refractivity contribution < 1.29 is 9.47 Å². The average Bonchev–Trinajstić information content (AvgIpc) is 2.66. The smallest absolute Gasteiger partial charge is 0.156 e. The Morgan fingerprint density at radius 3 is 2.32 bits per heavy atom. The van der Waals surface area contributed by atoms with Crippen molar-refractivity contribution in [2.75, 3.05) is 56.5 Å². The highest BCUT2D eigenvalue weighted by Gasteiger charge is 2.16. The third-order valence-electron chi connectivity index (χ3n) is 4.55. The van der Waals surface area contributed by atoms with Crippen LogP contribution in [0.2, 0.25) is 0 Å². The molecule has 1 heterocycles. The molecule has 0 amide bonds. The highest BCUT2D eigenvalue weighted by molar-refractivity contribution is 9.10. The summed E-state index contributed by atoms with van der Waals surface area (Å²) in [6.07, 6.45) is 0. The molecule has 0 aliphatic rings. The number of aromatic nitrogens is 1. The Hall–Kier alpha value is -1.83. The molecular formula is C21H31BrN4O2. The first-order chi connectivity index (χ1) is 13.4. The number of hydrogen-bond donors (Lipinski definition) is 2. The first kappa shape index (κ1) is 22.5. The molecule has 0 radical (unpaired) electrons. The van der Waals surface area contributed by atoms with Crippen molar-refractivity contribution in [3.05, 3.63) is 40.0 Å². The van der Waals surface area contributed by atoms with E-state index in [9.17, 15) is 0 Å². The molecule has 1 aromatic carbocycles. The van der Waals surface area contributed by atoms with Crippen LogP contribution in [0, 0.1) is 6.92 Å². The van der Waals surface area contributed by atoms with E-state index in [0.717, 1.165) is 34.6 Å². The molecule has 2 aromatic rings. The summed E-state index contributed by atoms with van der Waals surface area (Å²) in [7, 11) is 3.39. The van der Waals surface area contributed by atoms with Crippen molar-refractivity contribution in [2.45, 2.75) is 26.7 Å². The monoisotopic (exact) mass is 450 g/mol. The minimum atomic E-state index is 0.467. The third kappa shape index (κ3) is 5.83. The minimum absolute atomic E-state index is 0.467. The highest BCUT2D eigenvalue weighted by Crippen LogP contribution is 2.35. The molecule has 0 unspecified atom stereocenters. The van der Waals surface area contributed by atoms with Gasteiger partial charge in [-0.1, -0.05) is 19.9 Å². The van der Waals surface area contributed by atoms with Gasteiger partial charge in [-0.05, 0) is 52.5 Å². The van der Waals surface area contributed by atoms with Crippen LogP contribution in [-0.4, -0.2) is 45.5 Å². The van der Waals surface area contributed by atoms with Crippen LogP contribution in [0.15, 0.2) is 28.7 Å². The van der Waals surface area contributed by atoms with E-state index < -0.39 is 0 Å². The molecule has 2 rings (SSSR count). The molecular weight excluding hydrogens is 420 g/mol. The van der Waals surface area contributed by atoms with Gasteiger partial charge in [0.25, 0.3) is 0 Å². The lowest BCUT2D eigenvalue weighted by Gasteiger charge is -2.27. The lowest BCUT2D eigenvalue weighted by atomic mass is 10.0. The van der Waals surface area contributed by atoms with Crippen LogP contribution in [0.3, 0.4) is 0 Å². The largest absolute Gasteiger partial charge is 0.394 e. The predicted octanol–water partition coefficient (Wildman–Crippen LogP) is 4.70. The maximum Gasteiger partial charge on any atom is 0.156 e. The van der Waals surface area contributed by atoms with E-state index in [4.69, 9.17) is 15.2 Å². The number of hydrogen-bond acceptors (Lipinski definition) is 6. The molecule has 0 fully saturated rings. The summed E-state index contributed by atoms with van der Waals surface area (Å²) in [6, 6.07) is 8.30. The van der Waals surface area contributed by atoms with Crippen molar-refractivity contribution in [2.24, 2.45) is 0 Å². The second-order valence-electron chi connectivity index (χ2n) is 7.04. The Labute approximate surface area is 176 Å².